The zero-order valence-electron chi connectivity index (χ0n) is 17.0. The summed E-state index contributed by atoms with van der Waals surface area (Å²) in [5, 5.41) is 5.40. The summed E-state index contributed by atoms with van der Waals surface area (Å²) in [5.74, 6) is -0.300. The van der Waals surface area contributed by atoms with E-state index >= 15 is 0 Å². The fraction of sp³-hybridized carbons (Fsp3) is 0.818. The standard InChI is InChI=1S/C21H40O2.CHNO/c1-3-5-6-7-8-9-10-11-12-13-14-15-16-17-18-19-20-23-21(22)4-2;2-1-3/h4H,2-3,5-20H2,1H3;2H. The molecule has 0 radical (unpaired) electrons. The number of carbonyl (C=O) groups is 1. The fourth-order valence-corrected chi connectivity index (χ4v) is 2.88. The summed E-state index contributed by atoms with van der Waals surface area (Å²) >= 11 is 0. The molecule has 1 N–H and O–H groups in total. The molecule has 0 aromatic carbocycles. The van der Waals surface area contributed by atoms with Gasteiger partial charge in [0.15, 0.2) is 0 Å². The van der Waals surface area contributed by atoms with Gasteiger partial charge in [0, 0.05) is 6.08 Å². The molecule has 26 heavy (non-hydrogen) atoms. The summed E-state index contributed by atoms with van der Waals surface area (Å²) in [7, 11) is 0. The molecule has 0 aromatic rings. The number of carbonyl (C=O) groups excluding carboxylic acids is 2. The van der Waals surface area contributed by atoms with Gasteiger partial charge in [-0.05, 0) is 6.42 Å². The summed E-state index contributed by atoms with van der Waals surface area (Å²) in [6.45, 7) is 6.20. The number of unbranched alkanes of at least 4 members (excludes halogenated alkanes) is 15. The van der Waals surface area contributed by atoms with E-state index in [0.29, 0.717) is 6.61 Å². The van der Waals surface area contributed by atoms with Crippen molar-refractivity contribution in [2.45, 2.75) is 110 Å². The summed E-state index contributed by atoms with van der Waals surface area (Å²) in [6.07, 6.45) is 23.7. The lowest BCUT2D eigenvalue weighted by molar-refractivity contribution is -0.137. The molecule has 0 spiro atoms. The van der Waals surface area contributed by atoms with Crippen LogP contribution in [0.2, 0.25) is 0 Å². The molecule has 0 unspecified atom stereocenters. The van der Waals surface area contributed by atoms with Crippen LogP contribution in [0.15, 0.2) is 12.7 Å². The molecule has 0 aliphatic heterocycles. The minimum atomic E-state index is -0.300. The van der Waals surface area contributed by atoms with E-state index in [1.54, 1.807) is 0 Å². The van der Waals surface area contributed by atoms with Crippen molar-refractivity contribution in [2.75, 3.05) is 6.61 Å². The zero-order chi connectivity index (χ0) is 19.7. The van der Waals surface area contributed by atoms with Gasteiger partial charge >= 0.3 is 5.97 Å². The lowest BCUT2D eigenvalue weighted by Gasteiger charge is -2.04. The van der Waals surface area contributed by atoms with Crippen LogP contribution in [0.3, 0.4) is 0 Å². The van der Waals surface area contributed by atoms with E-state index in [1.165, 1.54) is 102 Å². The largest absolute Gasteiger partial charge is 0.463 e. The Labute approximate surface area is 161 Å². The first-order chi connectivity index (χ1) is 12.7. The molecule has 0 atom stereocenters. The van der Waals surface area contributed by atoms with Gasteiger partial charge in [0.05, 0.1) is 6.61 Å². The summed E-state index contributed by atoms with van der Waals surface area (Å²) < 4.78 is 4.95. The predicted octanol–water partition coefficient (Wildman–Crippen LogP) is 6.88. The molecule has 0 aliphatic carbocycles. The van der Waals surface area contributed by atoms with Gasteiger partial charge in [-0.3, -0.25) is 0 Å². The first-order valence-electron chi connectivity index (χ1n) is 10.6. The van der Waals surface area contributed by atoms with E-state index in [-0.39, 0.29) is 5.97 Å². The zero-order valence-corrected chi connectivity index (χ0v) is 17.0. The van der Waals surface area contributed by atoms with Crippen LogP contribution in [0.25, 0.3) is 0 Å². The second-order valence-corrected chi connectivity index (χ2v) is 6.78. The van der Waals surface area contributed by atoms with Crippen molar-refractivity contribution in [2.24, 2.45) is 0 Å². The molecule has 152 valence electrons. The average Bonchev–Trinajstić information content (AvgIpc) is 2.64. The van der Waals surface area contributed by atoms with Crippen molar-refractivity contribution in [3.63, 3.8) is 0 Å². The third kappa shape index (κ3) is 27.4. The predicted molar refractivity (Wildman–Crippen MR) is 109 cm³/mol. The van der Waals surface area contributed by atoms with Crippen LogP contribution in [0.5, 0.6) is 0 Å². The van der Waals surface area contributed by atoms with Gasteiger partial charge in [0.1, 0.15) is 0 Å². The maximum absolute atomic E-state index is 10.8. The Morgan fingerprint density at radius 1 is 0.808 bits per heavy atom. The van der Waals surface area contributed by atoms with E-state index < -0.39 is 0 Å². The van der Waals surface area contributed by atoms with E-state index in [4.69, 9.17) is 14.9 Å². The summed E-state index contributed by atoms with van der Waals surface area (Å²) in [4.78, 5) is 19.2. The number of hydrogen-bond acceptors (Lipinski definition) is 4. The van der Waals surface area contributed by atoms with E-state index in [2.05, 4.69) is 13.5 Å². The molecule has 0 heterocycles. The summed E-state index contributed by atoms with van der Waals surface area (Å²) in [6, 6.07) is 0. The van der Waals surface area contributed by atoms with Gasteiger partial charge in [-0.15, -0.1) is 0 Å². The number of hydrogen-bond donors (Lipinski definition) is 1. The smallest absolute Gasteiger partial charge is 0.330 e. The monoisotopic (exact) mass is 367 g/mol. The summed E-state index contributed by atoms with van der Waals surface area (Å²) in [5.41, 5.74) is 0. The molecule has 0 fully saturated rings. The Morgan fingerprint density at radius 3 is 1.42 bits per heavy atom. The quantitative estimate of drug-likeness (QED) is 0.0944. The maximum atomic E-state index is 10.8. The van der Waals surface area contributed by atoms with Crippen molar-refractivity contribution in [3.05, 3.63) is 12.7 Å². The first-order valence-corrected chi connectivity index (χ1v) is 10.6. The highest BCUT2D eigenvalue weighted by Gasteiger charge is 1.96. The Hall–Kier alpha value is -1.41. The van der Waals surface area contributed by atoms with Gasteiger partial charge < -0.3 is 4.74 Å². The Bertz CT molecular complexity index is 336. The van der Waals surface area contributed by atoms with Gasteiger partial charge in [0.25, 0.3) is 0 Å². The molecule has 0 aromatic heterocycles. The minimum absolute atomic E-state index is 0.300. The van der Waals surface area contributed by atoms with Gasteiger partial charge in [0.2, 0.25) is 6.08 Å². The highest BCUT2D eigenvalue weighted by Crippen LogP contribution is 2.13. The lowest BCUT2D eigenvalue weighted by Crippen LogP contribution is -2.01. The number of ether oxygens (including phenoxy) is 1. The Kier molecular flexibility index (Phi) is 26.6. The van der Waals surface area contributed by atoms with Crippen LogP contribution in [-0.2, 0) is 14.3 Å². The molecule has 0 amide bonds. The van der Waals surface area contributed by atoms with Crippen LogP contribution >= 0.6 is 0 Å². The van der Waals surface area contributed by atoms with Crippen LogP contribution in [0.4, 0.5) is 0 Å². The molecule has 0 bridgehead atoms. The minimum Gasteiger partial charge on any atom is -0.463 e. The van der Waals surface area contributed by atoms with Crippen molar-refractivity contribution in [1.29, 1.82) is 5.41 Å². The highest BCUT2D eigenvalue weighted by atomic mass is 16.5. The van der Waals surface area contributed by atoms with Crippen molar-refractivity contribution in [1.82, 2.24) is 0 Å². The lowest BCUT2D eigenvalue weighted by atomic mass is 10.0. The molecule has 0 saturated carbocycles. The van der Waals surface area contributed by atoms with Crippen LogP contribution < -0.4 is 0 Å². The number of nitrogens with one attached hydrogen (secondary N) is 1. The molecular weight excluding hydrogens is 326 g/mol. The van der Waals surface area contributed by atoms with Crippen LogP contribution in [0.1, 0.15) is 110 Å². The average molecular weight is 368 g/mol. The second-order valence-electron chi connectivity index (χ2n) is 6.78. The first kappa shape index (κ1) is 26.8. The molecule has 4 heteroatoms. The van der Waals surface area contributed by atoms with Gasteiger partial charge in [-0.25, -0.2) is 15.0 Å². The molecule has 0 rings (SSSR count). The van der Waals surface area contributed by atoms with Crippen LogP contribution in [-0.4, -0.2) is 18.7 Å². The maximum Gasteiger partial charge on any atom is 0.330 e. The normalized spacial score (nSPS) is 9.73. The van der Waals surface area contributed by atoms with Crippen molar-refractivity contribution in [3.8, 4) is 0 Å². The molecular formula is C22H41NO3. The Balaban J connectivity index is 0. The molecule has 4 nitrogen and oxygen atoms in total. The molecule has 0 aliphatic rings. The third-order valence-electron chi connectivity index (χ3n) is 4.41. The number of isocyanates is 1. The Morgan fingerprint density at radius 2 is 1.12 bits per heavy atom. The van der Waals surface area contributed by atoms with E-state index in [0.717, 1.165) is 12.5 Å². The van der Waals surface area contributed by atoms with E-state index in [1.807, 2.05) is 0 Å². The molecule has 0 saturated heterocycles. The van der Waals surface area contributed by atoms with Gasteiger partial charge in [-0.2, -0.15) is 0 Å². The third-order valence-corrected chi connectivity index (χ3v) is 4.41. The highest BCUT2D eigenvalue weighted by molar-refractivity contribution is 5.81. The van der Waals surface area contributed by atoms with E-state index in [9.17, 15) is 4.79 Å². The fourth-order valence-electron chi connectivity index (χ4n) is 2.88. The second kappa shape index (κ2) is 25.8. The van der Waals surface area contributed by atoms with Crippen molar-refractivity contribution >= 4 is 12.0 Å². The number of esters is 1. The van der Waals surface area contributed by atoms with Gasteiger partial charge in [-0.1, -0.05) is 110 Å². The van der Waals surface area contributed by atoms with Crippen LogP contribution in [0, 0.1) is 5.41 Å². The topological polar surface area (TPSA) is 67.2 Å². The SMILES string of the molecule is C=CC(=O)OCCCCCCCCCCCCCCCCCC.N=C=O. The number of rotatable bonds is 18. The van der Waals surface area contributed by atoms with Crippen molar-refractivity contribution < 1.29 is 14.3 Å².